The second-order valence-corrected chi connectivity index (χ2v) is 10.8. The summed E-state index contributed by atoms with van der Waals surface area (Å²) in [5, 5.41) is 3.25. The molecule has 7 heteroatoms. The van der Waals surface area contributed by atoms with Gasteiger partial charge in [-0.05, 0) is 81.7 Å². The lowest BCUT2D eigenvalue weighted by Crippen LogP contribution is -2.48. The fourth-order valence-corrected chi connectivity index (χ4v) is 5.75. The monoisotopic (exact) mass is 521 g/mol. The smallest absolute Gasteiger partial charge is 0.254 e. The molecule has 3 amide bonds. The summed E-state index contributed by atoms with van der Waals surface area (Å²) in [4.78, 5) is 42.5. The van der Waals surface area contributed by atoms with Crippen LogP contribution in [0.1, 0.15) is 79.8 Å². The van der Waals surface area contributed by atoms with E-state index in [2.05, 4.69) is 11.4 Å². The molecule has 2 fully saturated rings. The Hall–Kier alpha value is -3.22. The quantitative estimate of drug-likeness (QED) is 0.516. The second-order valence-electron chi connectivity index (χ2n) is 10.8. The number of hydrogen-bond donors (Lipinski definition) is 1. The van der Waals surface area contributed by atoms with E-state index in [1.807, 2.05) is 41.8 Å². The number of carbonyl (C=O) groups is 3. The maximum Gasteiger partial charge on any atom is 0.254 e. The molecule has 1 saturated heterocycles. The number of halogens is 1. The molecule has 1 aliphatic heterocycles. The molecular weight excluding hydrogens is 481 g/mol. The van der Waals surface area contributed by atoms with Gasteiger partial charge in [0.1, 0.15) is 5.82 Å². The maximum atomic E-state index is 13.5. The van der Waals surface area contributed by atoms with Gasteiger partial charge in [-0.1, -0.05) is 36.8 Å². The summed E-state index contributed by atoms with van der Waals surface area (Å²) in [5.41, 5.74) is 2.70. The van der Waals surface area contributed by atoms with E-state index in [0.717, 1.165) is 43.2 Å². The number of benzene rings is 2. The first-order chi connectivity index (χ1) is 18.3. The molecule has 1 heterocycles. The van der Waals surface area contributed by atoms with Gasteiger partial charge in [0.05, 0.1) is 0 Å². The lowest BCUT2D eigenvalue weighted by molar-refractivity contribution is -0.136. The van der Waals surface area contributed by atoms with E-state index in [1.165, 1.54) is 12.1 Å². The van der Waals surface area contributed by atoms with Crippen LogP contribution in [-0.2, 0) is 16.1 Å². The van der Waals surface area contributed by atoms with Crippen molar-refractivity contribution < 1.29 is 18.8 Å². The number of amides is 3. The van der Waals surface area contributed by atoms with Gasteiger partial charge in [-0.3, -0.25) is 14.4 Å². The minimum Gasteiger partial charge on any atom is -0.353 e. The highest BCUT2D eigenvalue weighted by Gasteiger charge is 2.32. The van der Waals surface area contributed by atoms with Crippen LogP contribution in [0, 0.1) is 18.7 Å². The third-order valence-electron chi connectivity index (χ3n) is 7.95. The van der Waals surface area contributed by atoms with E-state index in [9.17, 15) is 18.8 Å². The number of piperidine rings is 1. The Kier molecular flexibility index (Phi) is 9.53. The molecule has 2 aromatic carbocycles. The van der Waals surface area contributed by atoms with Crippen molar-refractivity contribution in [1.82, 2.24) is 15.1 Å². The summed E-state index contributed by atoms with van der Waals surface area (Å²) in [5.74, 6) is -0.217. The normalized spacial score (nSPS) is 20.1. The maximum absolute atomic E-state index is 13.5. The zero-order valence-corrected chi connectivity index (χ0v) is 22.6. The van der Waals surface area contributed by atoms with Crippen LogP contribution < -0.4 is 5.32 Å². The number of likely N-dealkylation sites (tertiary alicyclic amines) is 1. The standard InChI is InChI=1S/C31H40FN3O3/c1-3-5-29(36)34-18-16-24(17-19-34)30(37)33-27-12-14-28(15-13-27)35(21-23-7-4-6-22(2)20-23)31(38)25-8-10-26(32)11-9-25/h4,6-11,20,24,27-28H,3,5,12-19,21H2,1-2H3,(H,33,37). The van der Waals surface area contributed by atoms with E-state index in [0.29, 0.717) is 44.5 Å². The van der Waals surface area contributed by atoms with Crippen LogP contribution in [0.2, 0.25) is 0 Å². The van der Waals surface area contributed by atoms with Gasteiger partial charge in [-0.15, -0.1) is 0 Å². The molecule has 0 aromatic heterocycles. The molecule has 4 rings (SSSR count). The predicted molar refractivity (Wildman–Crippen MR) is 146 cm³/mol. The van der Waals surface area contributed by atoms with Crippen LogP contribution in [0.15, 0.2) is 48.5 Å². The summed E-state index contributed by atoms with van der Waals surface area (Å²) >= 11 is 0. The van der Waals surface area contributed by atoms with Gasteiger partial charge in [-0.2, -0.15) is 0 Å². The van der Waals surface area contributed by atoms with Gasteiger partial charge in [0, 0.05) is 49.6 Å². The summed E-state index contributed by atoms with van der Waals surface area (Å²) in [6, 6.07) is 14.1. The lowest BCUT2D eigenvalue weighted by Gasteiger charge is -2.38. The first kappa shape index (κ1) is 27.8. The van der Waals surface area contributed by atoms with Gasteiger partial charge in [-0.25, -0.2) is 4.39 Å². The first-order valence-corrected chi connectivity index (χ1v) is 14.0. The SMILES string of the molecule is CCCC(=O)N1CCC(C(=O)NC2CCC(N(Cc3cccc(C)c3)C(=O)c3ccc(F)cc3)CC2)CC1. The minimum absolute atomic E-state index is 0.0451. The Morgan fingerprint density at radius 1 is 0.974 bits per heavy atom. The van der Waals surface area contributed by atoms with Crippen molar-refractivity contribution in [3.8, 4) is 0 Å². The van der Waals surface area contributed by atoms with Crippen LogP contribution in [0.3, 0.4) is 0 Å². The predicted octanol–water partition coefficient (Wildman–Crippen LogP) is 5.24. The largest absolute Gasteiger partial charge is 0.353 e. The van der Waals surface area contributed by atoms with Crippen molar-refractivity contribution >= 4 is 17.7 Å². The molecule has 6 nitrogen and oxygen atoms in total. The van der Waals surface area contributed by atoms with Crippen LogP contribution >= 0.6 is 0 Å². The number of rotatable bonds is 8. The summed E-state index contributed by atoms with van der Waals surface area (Å²) in [6.07, 6.45) is 6.07. The molecule has 38 heavy (non-hydrogen) atoms. The van der Waals surface area contributed by atoms with Crippen LogP contribution in [-0.4, -0.2) is 52.7 Å². The molecule has 0 unspecified atom stereocenters. The highest BCUT2D eigenvalue weighted by molar-refractivity contribution is 5.94. The van der Waals surface area contributed by atoms with E-state index in [-0.39, 0.29) is 41.5 Å². The van der Waals surface area contributed by atoms with Crippen molar-refractivity contribution in [2.75, 3.05) is 13.1 Å². The van der Waals surface area contributed by atoms with Crippen molar-refractivity contribution in [2.24, 2.45) is 5.92 Å². The molecule has 1 aliphatic carbocycles. The zero-order valence-electron chi connectivity index (χ0n) is 22.6. The lowest BCUT2D eigenvalue weighted by atomic mass is 9.88. The van der Waals surface area contributed by atoms with Gasteiger partial charge in [0.2, 0.25) is 11.8 Å². The van der Waals surface area contributed by atoms with E-state index in [1.54, 1.807) is 12.1 Å². The number of nitrogens with zero attached hydrogens (tertiary/aromatic N) is 2. The second kappa shape index (κ2) is 13.0. The van der Waals surface area contributed by atoms with Gasteiger partial charge in [0.25, 0.3) is 5.91 Å². The fourth-order valence-electron chi connectivity index (χ4n) is 5.75. The topological polar surface area (TPSA) is 69.7 Å². The first-order valence-electron chi connectivity index (χ1n) is 14.0. The third kappa shape index (κ3) is 7.21. The summed E-state index contributed by atoms with van der Waals surface area (Å²) in [6.45, 7) is 5.85. The Labute approximate surface area is 225 Å². The molecule has 1 N–H and O–H groups in total. The third-order valence-corrected chi connectivity index (χ3v) is 7.95. The average Bonchev–Trinajstić information content (AvgIpc) is 2.92. The van der Waals surface area contributed by atoms with E-state index >= 15 is 0 Å². The zero-order chi connectivity index (χ0) is 27.1. The molecule has 204 valence electrons. The molecule has 2 aromatic rings. The Bertz CT molecular complexity index is 1100. The van der Waals surface area contributed by atoms with Crippen LogP contribution in [0.25, 0.3) is 0 Å². The van der Waals surface area contributed by atoms with Gasteiger partial charge < -0.3 is 15.1 Å². The number of hydrogen-bond acceptors (Lipinski definition) is 3. The van der Waals surface area contributed by atoms with Crippen molar-refractivity contribution in [3.05, 3.63) is 71.0 Å². The number of aryl methyl sites for hydroxylation is 1. The molecule has 1 saturated carbocycles. The van der Waals surface area contributed by atoms with Gasteiger partial charge >= 0.3 is 0 Å². The molecule has 0 spiro atoms. The van der Waals surface area contributed by atoms with E-state index in [4.69, 9.17) is 0 Å². The van der Waals surface area contributed by atoms with E-state index < -0.39 is 0 Å². The van der Waals surface area contributed by atoms with Crippen LogP contribution in [0.5, 0.6) is 0 Å². The number of carbonyl (C=O) groups excluding carboxylic acids is 3. The summed E-state index contributed by atoms with van der Waals surface area (Å²) in [7, 11) is 0. The summed E-state index contributed by atoms with van der Waals surface area (Å²) < 4.78 is 13.5. The van der Waals surface area contributed by atoms with Gasteiger partial charge in [0.15, 0.2) is 0 Å². The number of nitrogens with one attached hydrogen (secondary N) is 1. The fraction of sp³-hybridized carbons (Fsp3) is 0.516. The van der Waals surface area contributed by atoms with Crippen molar-refractivity contribution in [2.45, 2.75) is 83.8 Å². The Morgan fingerprint density at radius 3 is 2.29 bits per heavy atom. The molecule has 0 atom stereocenters. The van der Waals surface area contributed by atoms with Crippen molar-refractivity contribution in [3.63, 3.8) is 0 Å². The molecule has 0 radical (unpaired) electrons. The molecule has 0 bridgehead atoms. The Balaban J connectivity index is 1.34. The van der Waals surface area contributed by atoms with Crippen molar-refractivity contribution in [1.29, 1.82) is 0 Å². The molecular formula is C31H40FN3O3. The minimum atomic E-state index is -0.360. The highest BCUT2D eigenvalue weighted by atomic mass is 19.1. The van der Waals surface area contributed by atoms with Crippen LogP contribution in [0.4, 0.5) is 4.39 Å². The highest BCUT2D eigenvalue weighted by Crippen LogP contribution is 2.28. The molecule has 2 aliphatic rings. The Morgan fingerprint density at radius 2 is 1.66 bits per heavy atom. The average molecular weight is 522 g/mol.